The average Bonchev–Trinajstić information content (AvgIpc) is 2.37. The Kier molecular flexibility index (Phi) is 4.25. The van der Waals surface area contributed by atoms with Crippen molar-refractivity contribution in [3.05, 3.63) is 46.9 Å². The predicted molar refractivity (Wildman–Crippen MR) is 68.2 cm³/mol. The smallest absolute Gasteiger partial charge is 0.377 e. The van der Waals surface area contributed by atoms with E-state index in [0.717, 1.165) is 12.1 Å². The summed E-state index contributed by atoms with van der Waals surface area (Å²) in [7, 11) is 1.47. The lowest BCUT2D eigenvalue weighted by Crippen LogP contribution is -2.05. The maximum Gasteiger partial charge on any atom is 0.416 e. The number of hydrogen-bond donors (Lipinski definition) is 0. The quantitative estimate of drug-likeness (QED) is 0.805. The van der Waals surface area contributed by atoms with Gasteiger partial charge in [-0.3, -0.25) is 0 Å². The molecule has 0 bridgehead atoms. The molecule has 1 aromatic heterocycles. The minimum absolute atomic E-state index is 0.131. The van der Waals surface area contributed by atoms with Crippen molar-refractivity contribution >= 4 is 11.6 Å². The van der Waals surface area contributed by atoms with Crippen molar-refractivity contribution in [2.24, 2.45) is 0 Å². The molecule has 2 aromatic rings. The summed E-state index contributed by atoms with van der Waals surface area (Å²) >= 11 is 5.84. The molecular weight excluding hydrogens is 293 g/mol. The first-order valence-corrected chi connectivity index (χ1v) is 5.98. The Hall–Kier alpha value is -1.66. The van der Waals surface area contributed by atoms with Crippen LogP contribution in [0, 0.1) is 0 Å². The minimum atomic E-state index is -4.40. The van der Waals surface area contributed by atoms with E-state index in [1.165, 1.54) is 25.3 Å². The van der Waals surface area contributed by atoms with Gasteiger partial charge in [0.05, 0.1) is 11.3 Å². The van der Waals surface area contributed by atoms with Crippen LogP contribution in [-0.4, -0.2) is 17.1 Å². The first kappa shape index (κ1) is 14.7. The normalized spacial score (nSPS) is 11.7. The summed E-state index contributed by atoms with van der Waals surface area (Å²) in [6.07, 6.45) is -4.40. The third kappa shape index (κ3) is 3.46. The summed E-state index contributed by atoms with van der Waals surface area (Å²) in [6, 6.07) is 6.29. The average molecular weight is 303 g/mol. The van der Waals surface area contributed by atoms with Crippen molar-refractivity contribution in [2.75, 3.05) is 7.11 Å². The molecule has 0 aliphatic rings. The number of nitrogens with zero attached hydrogens (tertiary/aromatic N) is 2. The summed E-state index contributed by atoms with van der Waals surface area (Å²) in [6.45, 7) is 0.131. The molecule has 3 nitrogen and oxygen atoms in total. The van der Waals surface area contributed by atoms with Gasteiger partial charge in [-0.25, -0.2) is 9.97 Å². The molecule has 0 saturated carbocycles. The molecule has 0 aliphatic carbocycles. The second kappa shape index (κ2) is 5.76. The van der Waals surface area contributed by atoms with Gasteiger partial charge in [-0.15, -0.1) is 0 Å². The predicted octanol–water partition coefficient (Wildman–Crippen LogP) is 3.96. The number of aromatic nitrogens is 2. The van der Waals surface area contributed by atoms with Crippen molar-refractivity contribution in [1.29, 1.82) is 0 Å². The highest BCUT2D eigenvalue weighted by atomic mass is 35.5. The van der Waals surface area contributed by atoms with Crippen LogP contribution < -0.4 is 0 Å². The fourth-order valence-electron chi connectivity index (χ4n) is 1.66. The lowest BCUT2D eigenvalue weighted by atomic mass is 10.1. The van der Waals surface area contributed by atoms with Crippen molar-refractivity contribution in [2.45, 2.75) is 12.8 Å². The van der Waals surface area contributed by atoms with Gasteiger partial charge >= 0.3 is 6.18 Å². The van der Waals surface area contributed by atoms with Crippen molar-refractivity contribution in [3.8, 4) is 11.3 Å². The van der Waals surface area contributed by atoms with Crippen LogP contribution in [0.1, 0.15) is 11.4 Å². The number of hydrogen-bond acceptors (Lipinski definition) is 3. The molecule has 1 heterocycles. The fraction of sp³-hybridized carbons (Fsp3) is 0.231. The van der Waals surface area contributed by atoms with Crippen LogP contribution in [0.2, 0.25) is 5.15 Å². The summed E-state index contributed by atoms with van der Waals surface area (Å²) in [5.74, 6) is 0.312. The molecule has 1 aromatic carbocycles. The number of methoxy groups -OCH3 is 1. The lowest BCUT2D eigenvalue weighted by molar-refractivity contribution is -0.137. The molecule has 7 heteroatoms. The highest BCUT2D eigenvalue weighted by Crippen LogP contribution is 2.32. The zero-order valence-electron chi connectivity index (χ0n) is 10.4. The molecular formula is C13H10ClF3N2O. The highest BCUT2D eigenvalue weighted by molar-refractivity contribution is 6.29. The molecule has 0 radical (unpaired) electrons. The molecule has 0 fully saturated rings. The first-order chi connectivity index (χ1) is 9.40. The van der Waals surface area contributed by atoms with Crippen molar-refractivity contribution in [1.82, 2.24) is 9.97 Å². The van der Waals surface area contributed by atoms with Crippen LogP contribution in [0.3, 0.4) is 0 Å². The third-order valence-electron chi connectivity index (χ3n) is 2.50. The highest BCUT2D eigenvalue weighted by Gasteiger charge is 2.30. The summed E-state index contributed by atoms with van der Waals surface area (Å²) < 4.78 is 42.9. The standard InChI is InChI=1S/C13H10ClF3N2O/c1-20-7-12-18-10(6-11(14)19-12)8-3-2-4-9(5-8)13(15,16)17/h2-6H,7H2,1H3. The molecule has 0 aliphatic heterocycles. The van der Waals surface area contributed by atoms with E-state index >= 15 is 0 Å². The van der Waals surface area contributed by atoms with Crippen LogP contribution in [-0.2, 0) is 17.5 Å². The molecule has 0 unspecified atom stereocenters. The summed E-state index contributed by atoms with van der Waals surface area (Å²) in [4.78, 5) is 8.06. The first-order valence-electron chi connectivity index (χ1n) is 5.60. The van der Waals surface area contributed by atoms with E-state index < -0.39 is 11.7 Å². The second-order valence-corrected chi connectivity index (χ2v) is 4.39. The molecule has 2 rings (SSSR count). The maximum absolute atomic E-state index is 12.7. The molecule has 0 amide bonds. The monoisotopic (exact) mass is 302 g/mol. The zero-order valence-corrected chi connectivity index (χ0v) is 11.2. The summed E-state index contributed by atoms with van der Waals surface area (Å²) in [5, 5.41) is 0.152. The number of alkyl halides is 3. The van der Waals surface area contributed by atoms with Gasteiger partial charge in [-0.1, -0.05) is 23.7 Å². The topological polar surface area (TPSA) is 35.0 Å². The van der Waals surface area contributed by atoms with E-state index in [1.54, 1.807) is 0 Å². The third-order valence-corrected chi connectivity index (χ3v) is 2.69. The molecule has 0 saturated heterocycles. The molecule has 0 spiro atoms. The number of halogens is 4. The van der Waals surface area contributed by atoms with Gasteiger partial charge in [-0.05, 0) is 12.1 Å². The van der Waals surface area contributed by atoms with E-state index in [-0.39, 0.29) is 11.8 Å². The number of ether oxygens (including phenoxy) is 1. The number of benzene rings is 1. The van der Waals surface area contributed by atoms with Crippen LogP contribution in [0.5, 0.6) is 0 Å². The van der Waals surface area contributed by atoms with E-state index in [4.69, 9.17) is 16.3 Å². The SMILES string of the molecule is COCc1nc(Cl)cc(-c2cccc(C(F)(F)F)c2)n1. The van der Waals surface area contributed by atoms with E-state index in [1.807, 2.05) is 0 Å². The van der Waals surface area contributed by atoms with Crippen LogP contribution in [0.25, 0.3) is 11.3 Å². The molecule has 106 valence electrons. The Morgan fingerprint density at radius 3 is 2.60 bits per heavy atom. The Labute approximate surface area is 118 Å². The van der Waals surface area contributed by atoms with Gasteiger partial charge in [0.25, 0.3) is 0 Å². The Morgan fingerprint density at radius 1 is 1.20 bits per heavy atom. The van der Waals surface area contributed by atoms with Crippen LogP contribution in [0.15, 0.2) is 30.3 Å². The summed E-state index contributed by atoms with van der Waals surface area (Å²) in [5.41, 5.74) is -0.0948. The maximum atomic E-state index is 12.7. The Balaban J connectivity index is 2.46. The van der Waals surface area contributed by atoms with E-state index in [2.05, 4.69) is 9.97 Å². The Morgan fingerprint density at radius 2 is 1.95 bits per heavy atom. The van der Waals surface area contributed by atoms with Crippen molar-refractivity contribution < 1.29 is 17.9 Å². The second-order valence-electron chi connectivity index (χ2n) is 4.00. The largest absolute Gasteiger partial charge is 0.416 e. The Bertz CT molecular complexity index is 617. The molecule has 0 atom stereocenters. The van der Waals surface area contributed by atoms with Crippen LogP contribution in [0.4, 0.5) is 13.2 Å². The van der Waals surface area contributed by atoms with Crippen molar-refractivity contribution in [3.63, 3.8) is 0 Å². The molecule has 20 heavy (non-hydrogen) atoms. The van der Waals surface area contributed by atoms with Gasteiger partial charge in [0.2, 0.25) is 0 Å². The van der Waals surface area contributed by atoms with E-state index in [9.17, 15) is 13.2 Å². The fourth-order valence-corrected chi connectivity index (χ4v) is 1.86. The van der Waals surface area contributed by atoms with Crippen LogP contribution >= 0.6 is 11.6 Å². The van der Waals surface area contributed by atoms with Gasteiger partial charge in [0, 0.05) is 18.7 Å². The van der Waals surface area contributed by atoms with E-state index in [0.29, 0.717) is 17.1 Å². The zero-order chi connectivity index (χ0) is 14.8. The van der Waals surface area contributed by atoms with Gasteiger partial charge < -0.3 is 4.74 Å². The van der Waals surface area contributed by atoms with Gasteiger partial charge in [0.15, 0.2) is 5.82 Å². The lowest BCUT2D eigenvalue weighted by Gasteiger charge is -2.09. The molecule has 0 N–H and O–H groups in total. The van der Waals surface area contributed by atoms with Gasteiger partial charge in [0.1, 0.15) is 11.8 Å². The minimum Gasteiger partial charge on any atom is -0.377 e. The number of rotatable bonds is 3. The van der Waals surface area contributed by atoms with Gasteiger partial charge in [-0.2, -0.15) is 13.2 Å².